The molecule has 0 aliphatic carbocycles. The maximum Gasteiger partial charge on any atom is 0.294 e. The fraction of sp³-hybridized carbons (Fsp3) is 0. The zero-order chi connectivity index (χ0) is 10.9. The maximum absolute atomic E-state index is 10.7. The number of rotatable bonds is 2. The Morgan fingerprint density at radius 3 is 1.87 bits per heavy atom. The van der Waals surface area contributed by atoms with E-state index in [1.54, 1.807) is 0 Å². The van der Waals surface area contributed by atoms with Crippen molar-refractivity contribution in [3.05, 3.63) is 26.0 Å². The van der Waals surface area contributed by atoms with E-state index in [9.17, 15) is 13.3 Å². The molecule has 15 heavy (non-hydrogen) atoms. The Balaban J connectivity index is 0.00000196. The number of nitroso groups, excluding NO2 is 1. The molecule has 0 atom stereocenters. The van der Waals surface area contributed by atoms with Crippen molar-refractivity contribution >= 4 is 77.2 Å². The molecule has 5 nitrogen and oxygen atoms in total. The number of nitrogens with zero attached hydrogens (tertiary/aromatic N) is 1. The first kappa shape index (κ1) is 15.7. The minimum atomic E-state index is -4.28. The molecule has 0 fully saturated rings. The second kappa shape index (κ2) is 5.85. The fourth-order valence-corrected chi connectivity index (χ4v) is 2.95. The summed E-state index contributed by atoms with van der Waals surface area (Å²) < 4.78 is 30.6. The van der Waals surface area contributed by atoms with Gasteiger partial charge < -0.3 is 0 Å². The van der Waals surface area contributed by atoms with E-state index >= 15 is 0 Å². The number of hydrogen-bond acceptors (Lipinski definition) is 4. The van der Waals surface area contributed by atoms with E-state index in [0.29, 0.717) is 0 Å². The molecule has 0 spiro atoms. The van der Waals surface area contributed by atoms with Gasteiger partial charge in [0.1, 0.15) is 5.69 Å². The van der Waals surface area contributed by atoms with Crippen LogP contribution in [0.5, 0.6) is 0 Å². The molecule has 0 unspecified atom stereocenters. The summed E-state index contributed by atoms with van der Waals surface area (Å²) in [5.74, 6) is 0. The third kappa shape index (κ3) is 3.88. The minimum Gasteiger partial charge on any atom is -0.282 e. The van der Waals surface area contributed by atoms with Crippen LogP contribution in [-0.4, -0.2) is 42.5 Å². The summed E-state index contributed by atoms with van der Waals surface area (Å²) in [6.07, 6.45) is 0. The van der Waals surface area contributed by atoms with Crippen LogP contribution < -0.4 is 0 Å². The van der Waals surface area contributed by atoms with E-state index in [1.807, 2.05) is 0 Å². The quantitative estimate of drug-likeness (QED) is 0.494. The van der Waals surface area contributed by atoms with E-state index in [0.717, 1.165) is 12.1 Å². The zero-order valence-corrected chi connectivity index (χ0v) is 13.4. The average Bonchev–Trinajstić information content (AvgIpc) is 2.01. The van der Waals surface area contributed by atoms with Crippen LogP contribution in [0.3, 0.4) is 0 Å². The van der Waals surface area contributed by atoms with Crippen molar-refractivity contribution < 1.29 is 13.0 Å². The molecule has 0 aliphatic rings. The van der Waals surface area contributed by atoms with Crippen LogP contribution in [0.1, 0.15) is 0 Å². The summed E-state index contributed by atoms with van der Waals surface area (Å²) in [5, 5.41) is 2.67. The van der Waals surface area contributed by atoms with Gasteiger partial charge in [0.25, 0.3) is 10.1 Å². The number of benzene rings is 1. The van der Waals surface area contributed by atoms with Crippen LogP contribution in [0.25, 0.3) is 0 Å². The van der Waals surface area contributed by atoms with Crippen molar-refractivity contribution in [2.45, 2.75) is 4.90 Å². The standard InChI is InChI=1S/C6H3Br2NO4S.Na/c7-4-1-3(14(11,12)13)2-5(8)6(4)9-10;/h1-2H,(H,11,12,13);. The smallest absolute Gasteiger partial charge is 0.282 e. The third-order valence-electron chi connectivity index (χ3n) is 1.38. The van der Waals surface area contributed by atoms with Crippen molar-refractivity contribution in [3.8, 4) is 0 Å². The molecule has 1 radical (unpaired) electrons. The van der Waals surface area contributed by atoms with Gasteiger partial charge in [0.2, 0.25) is 0 Å². The Morgan fingerprint density at radius 1 is 1.20 bits per heavy atom. The SMILES string of the molecule is O=Nc1c(Br)cc(S(=O)(=O)O)cc1Br.[Na]. The first-order valence-electron chi connectivity index (χ1n) is 3.16. The van der Waals surface area contributed by atoms with Crippen molar-refractivity contribution in [1.29, 1.82) is 0 Å². The van der Waals surface area contributed by atoms with E-state index < -0.39 is 10.1 Å². The molecular weight excluding hydrogens is 365 g/mol. The molecule has 0 aliphatic heterocycles. The summed E-state index contributed by atoms with van der Waals surface area (Å²) in [5.41, 5.74) is 0.0393. The van der Waals surface area contributed by atoms with E-state index in [4.69, 9.17) is 4.55 Å². The van der Waals surface area contributed by atoms with Crippen LogP contribution in [0.4, 0.5) is 5.69 Å². The van der Waals surface area contributed by atoms with Crippen molar-refractivity contribution in [3.63, 3.8) is 0 Å². The second-order valence-electron chi connectivity index (χ2n) is 2.30. The number of halogens is 2. The number of hydrogen-bond donors (Lipinski definition) is 1. The van der Waals surface area contributed by atoms with Crippen LogP contribution in [0.15, 0.2) is 31.2 Å². The fourth-order valence-electron chi connectivity index (χ4n) is 0.778. The molecule has 77 valence electrons. The largest absolute Gasteiger partial charge is 0.294 e. The van der Waals surface area contributed by atoms with Crippen LogP contribution in [0.2, 0.25) is 0 Å². The average molecular weight is 368 g/mol. The Morgan fingerprint density at radius 2 is 1.60 bits per heavy atom. The first-order chi connectivity index (χ1) is 6.36. The van der Waals surface area contributed by atoms with Gasteiger partial charge in [-0.05, 0) is 49.2 Å². The predicted molar refractivity (Wildman–Crippen MR) is 62.9 cm³/mol. The van der Waals surface area contributed by atoms with Crippen molar-refractivity contribution in [2.75, 3.05) is 0 Å². The van der Waals surface area contributed by atoms with Gasteiger partial charge in [-0.15, -0.1) is 4.91 Å². The Bertz CT molecular complexity index is 467. The molecule has 0 saturated heterocycles. The molecule has 0 bridgehead atoms. The molecule has 1 rings (SSSR count). The van der Waals surface area contributed by atoms with Gasteiger partial charge in [-0.1, -0.05) is 0 Å². The second-order valence-corrected chi connectivity index (χ2v) is 5.43. The Hall–Kier alpha value is 0.690. The van der Waals surface area contributed by atoms with E-state index in [2.05, 4.69) is 37.0 Å². The Labute approximate surface area is 125 Å². The predicted octanol–water partition coefficient (Wildman–Crippen LogP) is 2.48. The first-order valence-corrected chi connectivity index (χ1v) is 6.18. The molecule has 1 N–H and O–H groups in total. The summed E-state index contributed by atoms with van der Waals surface area (Å²) in [6, 6.07) is 2.19. The third-order valence-corrected chi connectivity index (χ3v) is 3.42. The van der Waals surface area contributed by atoms with E-state index in [-0.39, 0.29) is 49.1 Å². The molecule has 1 aromatic carbocycles. The van der Waals surface area contributed by atoms with Gasteiger partial charge in [-0.3, -0.25) is 4.55 Å². The monoisotopic (exact) mass is 366 g/mol. The molecule has 1 aromatic rings. The topological polar surface area (TPSA) is 83.8 Å². The van der Waals surface area contributed by atoms with Crippen LogP contribution >= 0.6 is 31.9 Å². The zero-order valence-electron chi connectivity index (χ0n) is 7.44. The normalized spacial score (nSPS) is 10.6. The van der Waals surface area contributed by atoms with Gasteiger partial charge in [0.05, 0.1) is 4.90 Å². The van der Waals surface area contributed by atoms with Gasteiger partial charge in [-0.2, -0.15) is 8.42 Å². The van der Waals surface area contributed by atoms with Gasteiger partial charge in [0, 0.05) is 38.5 Å². The molecule has 0 heterocycles. The van der Waals surface area contributed by atoms with Gasteiger partial charge in [0.15, 0.2) is 0 Å². The summed E-state index contributed by atoms with van der Waals surface area (Å²) in [4.78, 5) is 9.97. The van der Waals surface area contributed by atoms with Crippen LogP contribution in [-0.2, 0) is 10.1 Å². The molecule has 0 aromatic heterocycles. The summed E-state index contributed by atoms with van der Waals surface area (Å²) in [7, 11) is -4.28. The van der Waals surface area contributed by atoms with Gasteiger partial charge in [-0.25, -0.2) is 0 Å². The van der Waals surface area contributed by atoms with Crippen molar-refractivity contribution in [1.82, 2.24) is 0 Å². The van der Waals surface area contributed by atoms with Gasteiger partial charge >= 0.3 is 0 Å². The summed E-state index contributed by atoms with van der Waals surface area (Å²) >= 11 is 5.90. The Kier molecular flexibility index (Phi) is 6.12. The van der Waals surface area contributed by atoms with Crippen molar-refractivity contribution in [2.24, 2.45) is 5.18 Å². The molecular formula is C6H3Br2NNaO4S. The van der Waals surface area contributed by atoms with E-state index in [1.165, 1.54) is 0 Å². The molecule has 0 saturated carbocycles. The molecule has 0 amide bonds. The minimum absolute atomic E-state index is 0. The summed E-state index contributed by atoms with van der Waals surface area (Å²) in [6.45, 7) is 0. The maximum atomic E-state index is 10.7. The molecule has 9 heteroatoms. The van der Waals surface area contributed by atoms with Crippen LogP contribution in [0, 0.1) is 4.91 Å².